The Hall–Kier alpha value is -1.57. The second kappa shape index (κ2) is 8.21. The highest BCUT2D eigenvalue weighted by molar-refractivity contribution is 9.10. The molecule has 1 saturated heterocycles. The lowest BCUT2D eigenvalue weighted by Crippen LogP contribution is -2.41. The molecule has 0 unspecified atom stereocenters. The Balaban J connectivity index is 1.69. The third-order valence-electron chi connectivity index (χ3n) is 4.01. The number of morpholine rings is 1. The molecule has 1 N–H and O–H groups in total. The molecule has 1 aromatic heterocycles. The summed E-state index contributed by atoms with van der Waals surface area (Å²) >= 11 is 3.33. The van der Waals surface area contributed by atoms with Gasteiger partial charge in [-0.25, -0.2) is 0 Å². The van der Waals surface area contributed by atoms with Crippen molar-refractivity contribution < 1.29 is 18.7 Å². The Kier molecular flexibility index (Phi) is 5.98. The number of benzene rings is 1. The molecule has 0 bridgehead atoms. The summed E-state index contributed by atoms with van der Waals surface area (Å²) in [5.41, 5.74) is 1.16. The number of rotatable bonds is 6. The predicted octanol–water partition coefficient (Wildman–Crippen LogP) is 3.04. The van der Waals surface area contributed by atoms with E-state index in [0.29, 0.717) is 28.1 Å². The van der Waals surface area contributed by atoms with E-state index in [4.69, 9.17) is 13.9 Å². The molecular formula is C18H23BrN2O4. The number of halogens is 1. The van der Waals surface area contributed by atoms with Crippen molar-refractivity contribution in [1.82, 2.24) is 10.2 Å². The monoisotopic (exact) mass is 410 g/mol. The third-order valence-corrected chi connectivity index (χ3v) is 4.40. The summed E-state index contributed by atoms with van der Waals surface area (Å²) in [7, 11) is 0. The number of nitrogens with one attached hydrogen (secondary N) is 1. The minimum Gasteiger partial charge on any atom is -0.490 e. The van der Waals surface area contributed by atoms with Crippen LogP contribution in [0.5, 0.6) is 5.75 Å². The largest absolute Gasteiger partial charge is 0.490 e. The Morgan fingerprint density at radius 1 is 1.32 bits per heavy atom. The minimum absolute atomic E-state index is 0.0107. The molecule has 0 spiro atoms. The quantitative estimate of drug-likeness (QED) is 0.792. The number of fused-ring (bicyclic) bond motifs is 1. The van der Waals surface area contributed by atoms with Gasteiger partial charge in [-0.05, 0) is 41.9 Å². The van der Waals surface area contributed by atoms with E-state index in [-0.39, 0.29) is 12.0 Å². The summed E-state index contributed by atoms with van der Waals surface area (Å²) in [6, 6.07) is 5.37. The molecular weight excluding hydrogens is 388 g/mol. The first-order valence-corrected chi connectivity index (χ1v) is 9.30. The predicted molar refractivity (Wildman–Crippen MR) is 99.3 cm³/mol. The first-order valence-electron chi connectivity index (χ1n) is 8.51. The first kappa shape index (κ1) is 18.2. The van der Waals surface area contributed by atoms with Gasteiger partial charge in [-0.3, -0.25) is 9.69 Å². The van der Waals surface area contributed by atoms with Crippen molar-refractivity contribution in [2.75, 3.05) is 39.4 Å². The van der Waals surface area contributed by atoms with Gasteiger partial charge in [0.2, 0.25) is 0 Å². The molecule has 1 aliphatic rings. The van der Waals surface area contributed by atoms with Crippen LogP contribution in [0.15, 0.2) is 27.3 Å². The van der Waals surface area contributed by atoms with Crippen LogP contribution >= 0.6 is 15.9 Å². The van der Waals surface area contributed by atoms with Crippen LogP contribution in [0.1, 0.15) is 24.2 Å². The maximum absolute atomic E-state index is 12.5. The SMILES string of the molecule is CC(C)Oc1cc(C(=O)NCCN2CCOCC2)cc2oc(Br)cc12. The summed E-state index contributed by atoms with van der Waals surface area (Å²) in [5.74, 6) is 0.525. The van der Waals surface area contributed by atoms with E-state index in [9.17, 15) is 4.79 Å². The summed E-state index contributed by atoms with van der Waals surface area (Å²) in [4.78, 5) is 14.8. The van der Waals surface area contributed by atoms with Crippen molar-refractivity contribution in [3.8, 4) is 5.75 Å². The summed E-state index contributed by atoms with van der Waals surface area (Å²) in [5, 5.41) is 3.82. The van der Waals surface area contributed by atoms with E-state index < -0.39 is 0 Å². The number of hydrogen-bond acceptors (Lipinski definition) is 5. The second-order valence-electron chi connectivity index (χ2n) is 6.31. The van der Waals surface area contributed by atoms with Crippen LogP contribution in [0, 0.1) is 0 Å². The fraction of sp³-hybridized carbons (Fsp3) is 0.500. The zero-order valence-electron chi connectivity index (χ0n) is 14.5. The minimum atomic E-state index is -0.128. The van der Waals surface area contributed by atoms with Gasteiger partial charge in [-0.1, -0.05) is 0 Å². The van der Waals surface area contributed by atoms with E-state index in [1.807, 2.05) is 19.9 Å². The molecule has 0 aliphatic carbocycles. The summed E-state index contributed by atoms with van der Waals surface area (Å²) in [6.45, 7) is 8.66. The molecule has 1 aliphatic heterocycles. The normalized spacial score (nSPS) is 15.7. The first-order chi connectivity index (χ1) is 12.0. The standard InChI is InChI=1S/C18H23BrN2O4/c1-12(2)24-15-9-13(10-16-14(15)11-17(19)25-16)18(22)20-3-4-21-5-7-23-8-6-21/h9-12H,3-8H2,1-2H3,(H,20,22). The van der Waals surface area contributed by atoms with Gasteiger partial charge in [0, 0.05) is 37.8 Å². The molecule has 2 heterocycles. The molecule has 1 fully saturated rings. The van der Waals surface area contributed by atoms with Crippen molar-refractivity contribution >= 4 is 32.8 Å². The number of nitrogens with zero attached hydrogens (tertiary/aromatic N) is 1. The van der Waals surface area contributed by atoms with E-state index in [1.54, 1.807) is 12.1 Å². The number of hydrogen-bond donors (Lipinski definition) is 1. The van der Waals surface area contributed by atoms with E-state index in [2.05, 4.69) is 26.1 Å². The second-order valence-corrected chi connectivity index (χ2v) is 7.09. The van der Waals surface area contributed by atoms with Gasteiger partial charge in [0.1, 0.15) is 11.3 Å². The number of carbonyl (C=O) groups is 1. The number of carbonyl (C=O) groups excluding carboxylic acids is 1. The van der Waals surface area contributed by atoms with Crippen LogP contribution in [0.25, 0.3) is 11.0 Å². The van der Waals surface area contributed by atoms with Crippen LogP contribution in [-0.4, -0.2) is 56.3 Å². The molecule has 7 heteroatoms. The van der Waals surface area contributed by atoms with Crippen molar-refractivity contribution in [1.29, 1.82) is 0 Å². The van der Waals surface area contributed by atoms with Crippen LogP contribution < -0.4 is 10.1 Å². The van der Waals surface area contributed by atoms with Gasteiger partial charge >= 0.3 is 0 Å². The smallest absolute Gasteiger partial charge is 0.251 e. The molecule has 6 nitrogen and oxygen atoms in total. The fourth-order valence-electron chi connectivity index (χ4n) is 2.81. The third kappa shape index (κ3) is 4.74. The average Bonchev–Trinajstić information content (AvgIpc) is 2.96. The molecule has 0 radical (unpaired) electrons. The number of furan rings is 1. The average molecular weight is 411 g/mol. The summed E-state index contributed by atoms with van der Waals surface area (Å²) < 4.78 is 17.4. The maximum Gasteiger partial charge on any atom is 0.251 e. The topological polar surface area (TPSA) is 63.9 Å². The molecule has 1 amide bonds. The highest BCUT2D eigenvalue weighted by Crippen LogP contribution is 2.33. The van der Waals surface area contributed by atoms with Crippen molar-refractivity contribution in [2.45, 2.75) is 20.0 Å². The van der Waals surface area contributed by atoms with Crippen molar-refractivity contribution in [2.24, 2.45) is 0 Å². The zero-order chi connectivity index (χ0) is 17.8. The van der Waals surface area contributed by atoms with Crippen LogP contribution in [0.2, 0.25) is 0 Å². The Bertz CT molecular complexity index is 738. The van der Waals surface area contributed by atoms with E-state index in [1.165, 1.54) is 0 Å². The van der Waals surface area contributed by atoms with Gasteiger partial charge in [0.25, 0.3) is 5.91 Å². The van der Waals surface area contributed by atoms with Crippen LogP contribution in [0.3, 0.4) is 0 Å². The van der Waals surface area contributed by atoms with Crippen LogP contribution in [-0.2, 0) is 4.74 Å². The van der Waals surface area contributed by atoms with Gasteiger partial charge < -0.3 is 19.2 Å². The number of amides is 1. The fourth-order valence-corrected chi connectivity index (χ4v) is 3.22. The van der Waals surface area contributed by atoms with Gasteiger partial charge in [0.15, 0.2) is 4.67 Å². The van der Waals surface area contributed by atoms with E-state index in [0.717, 1.165) is 38.2 Å². The van der Waals surface area contributed by atoms with Gasteiger partial charge in [0.05, 0.1) is 24.7 Å². The Morgan fingerprint density at radius 3 is 2.80 bits per heavy atom. The van der Waals surface area contributed by atoms with Crippen LogP contribution in [0.4, 0.5) is 0 Å². The molecule has 2 aromatic rings. The van der Waals surface area contributed by atoms with Crippen molar-refractivity contribution in [3.63, 3.8) is 0 Å². The lowest BCUT2D eigenvalue weighted by Gasteiger charge is -2.26. The number of ether oxygens (including phenoxy) is 2. The Labute approximate surface area is 155 Å². The molecule has 136 valence electrons. The van der Waals surface area contributed by atoms with Gasteiger partial charge in [-0.15, -0.1) is 0 Å². The highest BCUT2D eigenvalue weighted by Gasteiger charge is 2.16. The summed E-state index contributed by atoms with van der Waals surface area (Å²) in [6.07, 6.45) is 0.0107. The lowest BCUT2D eigenvalue weighted by molar-refractivity contribution is 0.0383. The molecule has 0 atom stereocenters. The molecule has 1 aromatic carbocycles. The van der Waals surface area contributed by atoms with E-state index >= 15 is 0 Å². The lowest BCUT2D eigenvalue weighted by atomic mass is 10.1. The van der Waals surface area contributed by atoms with Crippen molar-refractivity contribution in [3.05, 3.63) is 28.4 Å². The highest BCUT2D eigenvalue weighted by atomic mass is 79.9. The molecule has 0 saturated carbocycles. The van der Waals surface area contributed by atoms with Gasteiger partial charge in [-0.2, -0.15) is 0 Å². The molecule has 3 rings (SSSR count). The Morgan fingerprint density at radius 2 is 2.08 bits per heavy atom. The maximum atomic E-state index is 12.5. The molecule has 25 heavy (non-hydrogen) atoms. The zero-order valence-corrected chi connectivity index (χ0v) is 16.1.